The Hall–Kier alpha value is -5.88. The first kappa shape index (κ1) is 34.1. The Bertz CT molecular complexity index is 1550. The third-order valence-electron chi connectivity index (χ3n) is 4.95. The first-order valence-electron chi connectivity index (χ1n) is 12.7. The van der Waals surface area contributed by atoms with E-state index in [9.17, 15) is 4.79 Å². The van der Waals surface area contributed by atoms with Crippen molar-refractivity contribution in [2.75, 3.05) is 5.32 Å². The highest BCUT2D eigenvalue weighted by Gasteiger charge is 2.10. The number of hydrogen-bond acceptors (Lipinski definition) is 5. The number of imidazole rings is 2. The van der Waals surface area contributed by atoms with Crippen molar-refractivity contribution in [2.24, 2.45) is 11.5 Å². The highest BCUT2D eigenvalue weighted by atomic mass is 16.1. The first-order chi connectivity index (χ1) is 20.3. The maximum absolute atomic E-state index is 11.3. The number of primary amides is 2. The fourth-order valence-corrected chi connectivity index (χ4v) is 3.24. The van der Waals surface area contributed by atoms with Crippen LogP contribution in [-0.4, -0.2) is 31.4 Å². The molecule has 5 N–H and O–H groups in total. The summed E-state index contributed by atoms with van der Waals surface area (Å²) >= 11 is 0. The van der Waals surface area contributed by atoms with Crippen LogP contribution in [0.25, 0.3) is 17.6 Å². The third-order valence-corrected chi connectivity index (χ3v) is 4.95. The quantitative estimate of drug-likeness (QED) is 0.160. The molecular weight excluding hydrogens is 526 g/mol. The molecule has 0 fully saturated rings. The van der Waals surface area contributed by atoms with Crippen LogP contribution in [0.2, 0.25) is 0 Å². The first-order valence-corrected chi connectivity index (χ1v) is 12.7. The summed E-state index contributed by atoms with van der Waals surface area (Å²) in [4.78, 5) is 28.2. The van der Waals surface area contributed by atoms with E-state index < -0.39 is 5.91 Å². The van der Waals surface area contributed by atoms with E-state index in [1.165, 1.54) is 5.56 Å². The largest absolute Gasteiger partial charge is 0.372 e. The number of nitrogens with two attached hydrogens (primary N) is 2. The minimum absolute atomic E-state index is 0.250. The smallest absolute Gasteiger partial charge is 0.248 e. The number of anilines is 1. The van der Waals surface area contributed by atoms with Crippen molar-refractivity contribution in [2.45, 2.75) is 20.8 Å². The molecule has 0 unspecified atom stereocenters. The van der Waals surface area contributed by atoms with Crippen LogP contribution in [0.5, 0.6) is 0 Å². The van der Waals surface area contributed by atoms with Gasteiger partial charge in [0, 0.05) is 35.5 Å². The van der Waals surface area contributed by atoms with E-state index >= 15 is 0 Å². The average molecular weight is 564 g/mol. The van der Waals surface area contributed by atoms with Gasteiger partial charge in [0.15, 0.2) is 5.82 Å². The van der Waals surface area contributed by atoms with Gasteiger partial charge in [-0.1, -0.05) is 49.4 Å². The monoisotopic (exact) mass is 563 g/mol. The Kier molecular flexibility index (Phi) is 15.6. The minimum atomic E-state index is -0.488. The molecule has 0 atom stereocenters. The number of amides is 2. The molecule has 2 aromatic heterocycles. The zero-order valence-corrected chi connectivity index (χ0v) is 24.2. The molecule has 0 aliphatic heterocycles. The summed E-state index contributed by atoms with van der Waals surface area (Å²) in [6, 6.07) is 15.2. The summed E-state index contributed by atoms with van der Waals surface area (Å²) in [6.07, 6.45) is 14.4. The zero-order valence-electron chi connectivity index (χ0n) is 24.2. The van der Waals surface area contributed by atoms with E-state index in [-0.39, 0.29) is 6.41 Å². The van der Waals surface area contributed by atoms with E-state index in [1.54, 1.807) is 59.8 Å². The van der Waals surface area contributed by atoms with Gasteiger partial charge in [-0.25, -0.2) is 9.97 Å². The second kappa shape index (κ2) is 19.2. The normalized spacial score (nSPS) is 9.21. The predicted molar refractivity (Wildman–Crippen MR) is 172 cm³/mol. The number of aryl methyl sites for hydroxylation is 1. The van der Waals surface area contributed by atoms with Gasteiger partial charge in [0.05, 0.1) is 18.2 Å². The molecule has 0 aliphatic carbocycles. The number of carbonyl (C=O) groups excluding carboxylic acids is 2. The van der Waals surface area contributed by atoms with Crippen LogP contribution in [-0.2, 0) is 4.79 Å². The Morgan fingerprint density at radius 1 is 1.12 bits per heavy atom. The van der Waals surface area contributed by atoms with Gasteiger partial charge in [-0.15, -0.1) is 6.58 Å². The van der Waals surface area contributed by atoms with Crippen LogP contribution >= 0.6 is 0 Å². The molecule has 2 heterocycles. The molecule has 0 saturated heterocycles. The van der Waals surface area contributed by atoms with Crippen molar-refractivity contribution in [3.8, 4) is 17.5 Å². The maximum Gasteiger partial charge on any atom is 0.248 e. The van der Waals surface area contributed by atoms with Crippen LogP contribution in [0.15, 0.2) is 111 Å². The third kappa shape index (κ3) is 11.5. The van der Waals surface area contributed by atoms with Crippen LogP contribution in [0.4, 0.5) is 5.69 Å². The summed E-state index contributed by atoms with van der Waals surface area (Å²) in [5, 5.41) is 3.11. The summed E-state index contributed by atoms with van der Waals surface area (Å²) in [7, 11) is 0. The molecule has 0 aliphatic rings. The fourth-order valence-electron chi connectivity index (χ4n) is 3.24. The Balaban J connectivity index is 0.000000404. The Morgan fingerprint density at radius 2 is 1.81 bits per heavy atom. The van der Waals surface area contributed by atoms with Gasteiger partial charge in [0.2, 0.25) is 12.3 Å². The van der Waals surface area contributed by atoms with Crippen molar-refractivity contribution < 1.29 is 9.59 Å². The second-order valence-corrected chi connectivity index (χ2v) is 8.19. The number of aromatic nitrogens is 4. The number of rotatable bonds is 6. The average Bonchev–Trinajstić information content (AvgIpc) is 3.65. The van der Waals surface area contributed by atoms with Gasteiger partial charge in [-0.2, -0.15) is 0 Å². The summed E-state index contributed by atoms with van der Waals surface area (Å²) < 4.78 is 3.73. The van der Waals surface area contributed by atoms with Gasteiger partial charge in [-0.05, 0) is 68.7 Å². The van der Waals surface area contributed by atoms with Crippen molar-refractivity contribution in [1.29, 1.82) is 0 Å². The van der Waals surface area contributed by atoms with E-state index in [2.05, 4.69) is 77.7 Å². The molecule has 4 aromatic rings. The number of carbonyl (C=O) groups is 2. The summed E-state index contributed by atoms with van der Waals surface area (Å²) in [5.74, 6) is 5.99. The maximum atomic E-state index is 11.3. The number of hydrogen-bond donors (Lipinski definition) is 3. The van der Waals surface area contributed by atoms with Crippen molar-refractivity contribution in [3.63, 3.8) is 0 Å². The topological polar surface area (TPSA) is 134 Å². The predicted octanol–water partition coefficient (Wildman–Crippen LogP) is 5.57. The molecule has 0 spiro atoms. The SMILES string of the molecule is C=CC.C=Cn1c(C#C/C=C/C)cnc1C(=C)Nc1cccc(C(N)=O)c1.Cc1cccc(-n2ccnc2)c1.NC=O. The Morgan fingerprint density at radius 3 is 2.38 bits per heavy atom. The summed E-state index contributed by atoms with van der Waals surface area (Å²) in [6.45, 7) is 17.0. The number of allylic oxidation sites excluding steroid dienone is 3. The zero-order chi connectivity index (χ0) is 31.3. The lowest BCUT2D eigenvalue weighted by Gasteiger charge is -2.10. The van der Waals surface area contributed by atoms with Crippen molar-refractivity contribution >= 4 is 29.9 Å². The molecular formula is C33H37N7O2. The molecule has 4 rings (SSSR count). The van der Waals surface area contributed by atoms with Crippen LogP contribution in [0.1, 0.15) is 41.3 Å². The molecule has 216 valence electrons. The Labute approximate surface area is 247 Å². The highest BCUT2D eigenvalue weighted by Crippen LogP contribution is 2.19. The van der Waals surface area contributed by atoms with E-state index in [4.69, 9.17) is 10.5 Å². The standard InChI is InChI=1S/C19H18N4O.C10H10N2.C3H6.CH3NO/c1-4-6-7-11-17-13-21-19(23(17)5-2)14(3)22-16-10-8-9-15(12-16)18(20)24;1-9-3-2-4-10(7-9)12-6-5-11-8-12;1-3-2;2-1-3/h4-6,8-10,12-13,22H,2-3H2,1H3,(H2,20,24);2-8H,1H3;3H,1H2,2H3;1H,(H2,2,3)/b6-4+;;;. The van der Waals surface area contributed by atoms with E-state index in [1.807, 2.05) is 42.8 Å². The minimum Gasteiger partial charge on any atom is -0.372 e. The van der Waals surface area contributed by atoms with Crippen molar-refractivity contribution in [3.05, 3.63) is 134 Å². The fraction of sp³-hybridized carbons (Fsp3) is 0.0909. The van der Waals surface area contributed by atoms with Gasteiger partial charge < -0.3 is 21.4 Å². The van der Waals surface area contributed by atoms with Crippen molar-refractivity contribution in [1.82, 2.24) is 19.1 Å². The highest BCUT2D eigenvalue weighted by molar-refractivity contribution is 5.94. The number of benzene rings is 2. The summed E-state index contributed by atoms with van der Waals surface area (Å²) in [5.41, 5.74) is 14.2. The molecule has 42 heavy (non-hydrogen) atoms. The van der Waals surface area contributed by atoms with Crippen LogP contribution in [0.3, 0.4) is 0 Å². The number of nitrogens with zero attached hydrogens (tertiary/aromatic N) is 4. The van der Waals surface area contributed by atoms with E-state index in [0.29, 0.717) is 28.5 Å². The molecule has 2 amide bonds. The van der Waals surface area contributed by atoms with Gasteiger partial charge in [0.1, 0.15) is 5.69 Å². The number of nitrogens with one attached hydrogen (secondary N) is 1. The van der Waals surface area contributed by atoms with E-state index in [0.717, 1.165) is 5.69 Å². The molecule has 9 heteroatoms. The lowest BCUT2D eigenvalue weighted by molar-refractivity contribution is -0.106. The van der Waals surface area contributed by atoms with Crippen LogP contribution < -0.4 is 16.8 Å². The lowest BCUT2D eigenvalue weighted by Crippen LogP contribution is -2.11. The molecule has 0 radical (unpaired) electrons. The van der Waals surface area contributed by atoms with Gasteiger partial charge in [0.25, 0.3) is 0 Å². The van der Waals surface area contributed by atoms with Crippen LogP contribution in [0, 0.1) is 18.8 Å². The molecule has 0 saturated carbocycles. The molecule has 9 nitrogen and oxygen atoms in total. The van der Waals surface area contributed by atoms with Gasteiger partial charge in [-0.3, -0.25) is 14.2 Å². The lowest BCUT2D eigenvalue weighted by atomic mass is 10.2. The van der Waals surface area contributed by atoms with Gasteiger partial charge >= 0.3 is 0 Å². The molecule has 0 bridgehead atoms. The second-order valence-electron chi connectivity index (χ2n) is 8.19. The molecule has 2 aromatic carbocycles.